The van der Waals surface area contributed by atoms with Crippen molar-refractivity contribution in [3.8, 4) is 0 Å². The van der Waals surface area contributed by atoms with Crippen molar-refractivity contribution in [2.75, 3.05) is 0 Å². The number of hydrogen-bond acceptors (Lipinski definition) is 3. The lowest BCUT2D eigenvalue weighted by Gasteiger charge is -2.20. The highest BCUT2D eigenvalue weighted by Crippen LogP contribution is 2.16. The molecule has 0 saturated heterocycles. The molecule has 0 aliphatic rings. The molecule has 0 fully saturated rings. The first-order chi connectivity index (χ1) is 9.09. The summed E-state index contributed by atoms with van der Waals surface area (Å²) in [6, 6.07) is 9.98. The van der Waals surface area contributed by atoms with Crippen molar-refractivity contribution >= 4 is 16.7 Å². The van der Waals surface area contributed by atoms with Gasteiger partial charge in [0.15, 0.2) is 0 Å². The largest absolute Gasteiger partial charge is 0.303 e. The fourth-order valence-electron chi connectivity index (χ4n) is 2.38. The van der Waals surface area contributed by atoms with Gasteiger partial charge in [-0.3, -0.25) is 9.78 Å². The number of nitrogens with one attached hydrogen (secondary N) is 1. The molecule has 0 radical (unpaired) electrons. The summed E-state index contributed by atoms with van der Waals surface area (Å²) in [5.74, 6) is 0.485. The summed E-state index contributed by atoms with van der Waals surface area (Å²) in [6.45, 7) is 6.45. The number of aromatic nitrogens is 1. The predicted octanol–water partition coefficient (Wildman–Crippen LogP) is 2.94. The van der Waals surface area contributed by atoms with Crippen molar-refractivity contribution in [1.29, 1.82) is 0 Å². The van der Waals surface area contributed by atoms with Crippen molar-refractivity contribution in [2.24, 2.45) is 5.92 Å². The molecule has 1 aromatic carbocycles. The molecular weight excluding hydrogens is 236 g/mol. The highest BCUT2D eigenvalue weighted by molar-refractivity contribution is 5.83. The number of benzene rings is 1. The van der Waals surface area contributed by atoms with Gasteiger partial charge in [-0.2, -0.15) is 0 Å². The zero-order chi connectivity index (χ0) is 13.8. The minimum Gasteiger partial charge on any atom is -0.303 e. The van der Waals surface area contributed by atoms with Gasteiger partial charge >= 0.3 is 0 Å². The van der Waals surface area contributed by atoms with Crippen molar-refractivity contribution in [3.05, 3.63) is 42.1 Å². The average Bonchev–Trinajstić information content (AvgIpc) is 2.38. The van der Waals surface area contributed by atoms with E-state index >= 15 is 0 Å². The number of para-hydroxylation sites is 1. The molecule has 2 aromatic rings. The van der Waals surface area contributed by atoms with Crippen LogP contribution in [0, 0.1) is 5.92 Å². The third-order valence-electron chi connectivity index (χ3n) is 3.36. The number of carbonyl (C=O) groups is 1. The molecule has 1 atom stereocenters. The molecule has 100 valence electrons. The molecule has 3 heteroatoms. The third-order valence-corrected chi connectivity index (χ3v) is 3.36. The lowest BCUT2D eigenvalue weighted by molar-refractivity contribution is -0.120. The van der Waals surface area contributed by atoms with Crippen molar-refractivity contribution in [3.63, 3.8) is 0 Å². The van der Waals surface area contributed by atoms with Crippen LogP contribution < -0.4 is 5.32 Å². The molecule has 2 rings (SSSR count). The number of nitrogens with zero attached hydrogens (tertiary/aromatic N) is 1. The maximum Gasteiger partial charge on any atom is 0.146 e. The average molecular weight is 256 g/mol. The van der Waals surface area contributed by atoms with Gasteiger partial charge in [0.05, 0.1) is 11.6 Å². The van der Waals surface area contributed by atoms with E-state index in [2.05, 4.69) is 30.2 Å². The van der Waals surface area contributed by atoms with E-state index in [0.29, 0.717) is 12.5 Å². The first-order valence-electron chi connectivity index (χ1n) is 6.66. The second-order valence-electron chi connectivity index (χ2n) is 5.20. The van der Waals surface area contributed by atoms with Crippen LogP contribution >= 0.6 is 0 Å². The number of ketones is 1. The minimum atomic E-state index is -0.0908. The summed E-state index contributed by atoms with van der Waals surface area (Å²) >= 11 is 0. The molecule has 0 aliphatic carbocycles. The smallest absolute Gasteiger partial charge is 0.146 e. The summed E-state index contributed by atoms with van der Waals surface area (Å²) in [6.07, 6.45) is 1.82. The Kier molecular flexibility index (Phi) is 4.27. The first kappa shape index (κ1) is 13.7. The zero-order valence-corrected chi connectivity index (χ0v) is 11.7. The Morgan fingerprint density at radius 2 is 2.00 bits per heavy atom. The van der Waals surface area contributed by atoms with Gasteiger partial charge in [-0.25, -0.2) is 0 Å². The van der Waals surface area contributed by atoms with Gasteiger partial charge in [0.2, 0.25) is 0 Å². The quantitative estimate of drug-likeness (QED) is 0.894. The van der Waals surface area contributed by atoms with Crippen LogP contribution in [0.3, 0.4) is 0 Å². The van der Waals surface area contributed by atoms with E-state index in [1.54, 1.807) is 6.92 Å². The van der Waals surface area contributed by atoms with Gasteiger partial charge < -0.3 is 5.32 Å². The van der Waals surface area contributed by atoms with Crippen LogP contribution in [0.25, 0.3) is 10.9 Å². The normalized spacial score (nSPS) is 12.8. The number of pyridine rings is 1. The number of fused-ring (bicyclic) bond motifs is 1. The first-order valence-corrected chi connectivity index (χ1v) is 6.66. The van der Waals surface area contributed by atoms with E-state index in [1.165, 1.54) is 5.56 Å². The van der Waals surface area contributed by atoms with E-state index in [-0.39, 0.29) is 11.8 Å². The number of rotatable bonds is 5. The Morgan fingerprint density at radius 3 is 2.68 bits per heavy atom. The van der Waals surface area contributed by atoms with Crippen molar-refractivity contribution in [2.45, 2.75) is 33.4 Å². The fraction of sp³-hybridized carbons (Fsp3) is 0.375. The van der Waals surface area contributed by atoms with Gasteiger partial charge in [-0.05, 0) is 30.5 Å². The van der Waals surface area contributed by atoms with Crippen LogP contribution in [0.4, 0.5) is 0 Å². The second-order valence-corrected chi connectivity index (χ2v) is 5.20. The van der Waals surface area contributed by atoms with E-state index in [9.17, 15) is 4.79 Å². The molecule has 0 saturated carbocycles. The van der Waals surface area contributed by atoms with Gasteiger partial charge in [-0.1, -0.05) is 32.0 Å². The topological polar surface area (TPSA) is 42.0 Å². The van der Waals surface area contributed by atoms with Crippen molar-refractivity contribution in [1.82, 2.24) is 10.3 Å². The summed E-state index contributed by atoms with van der Waals surface area (Å²) < 4.78 is 0. The summed E-state index contributed by atoms with van der Waals surface area (Å²) in [4.78, 5) is 15.9. The molecule has 0 spiro atoms. The molecule has 1 N–H and O–H groups in total. The van der Waals surface area contributed by atoms with Crippen LogP contribution in [0.1, 0.15) is 26.3 Å². The van der Waals surface area contributed by atoms with Gasteiger partial charge in [0.1, 0.15) is 5.78 Å². The molecule has 19 heavy (non-hydrogen) atoms. The Hall–Kier alpha value is -1.74. The molecule has 0 aliphatic heterocycles. The van der Waals surface area contributed by atoms with Crippen LogP contribution in [0.15, 0.2) is 36.5 Å². The second kappa shape index (κ2) is 5.93. The van der Waals surface area contributed by atoms with E-state index in [1.807, 2.05) is 30.5 Å². The van der Waals surface area contributed by atoms with Gasteiger partial charge in [0.25, 0.3) is 0 Å². The summed E-state index contributed by atoms with van der Waals surface area (Å²) in [5, 5.41) is 4.49. The van der Waals surface area contributed by atoms with E-state index < -0.39 is 0 Å². The molecule has 0 bridgehead atoms. The van der Waals surface area contributed by atoms with Crippen LogP contribution in [-0.4, -0.2) is 16.8 Å². The lowest BCUT2D eigenvalue weighted by Crippen LogP contribution is -2.39. The summed E-state index contributed by atoms with van der Waals surface area (Å²) in [5.41, 5.74) is 2.17. The lowest BCUT2D eigenvalue weighted by atomic mass is 10.00. The Labute approximate surface area is 114 Å². The third kappa shape index (κ3) is 3.18. The van der Waals surface area contributed by atoms with Crippen LogP contribution in [-0.2, 0) is 11.3 Å². The summed E-state index contributed by atoms with van der Waals surface area (Å²) in [7, 11) is 0. The number of carbonyl (C=O) groups excluding carboxylic acids is 1. The monoisotopic (exact) mass is 256 g/mol. The van der Waals surface area contributed by atoms with Crippen LogP contribution in [0.5, 0.6) is 0 Å². The molecule has 1 unspecified atom stereocenters. The highest BCUT2D eigenvalue weighted by atomic mass is 16.1. The number of Topliss-reactive ketones (excluding diaryl/α,β-unsaturated/α-hetero) is 1. The zero-order valence-electron chi connectivity index (χ0n) is 11.7. The Bertz CT molecular complexity index is 572. The van der Waals surface area contributed by atoms with Gasteiger partial charge in [0, 0.05) is 18.1 Å². The van der Waals surface area contributed by atoms with E-state index in [4.69, 9.17) is 0 Å². The van der Waals surface area contributed by atoms with Gasteiger partial charge in [-0.15, -0.1) is 0 Å². The van der Waals surface area contributed by atoms with E-state index in [0.717, 1.165) is 10.9 Å². The predicted molar refractivity (Wildman–Crippen MR) is 77.9 cm³/mol. The number of hydrogen-bond donors (Lipinski definition) is 1. The SMILES string of the molecule is CC(=O)C(NCc1ccnc2ccccc12)C(C)C. The Balaban J connectivity index is 2.20. The fourth-order valence-corrected chi connectivity index (χ4v) is 2.38. The van der Waals surface area contributed by atoms with Crippen molar-refractivity contribution < 1.29 is 4.79 Å². The molecule has 1 heterocycles. The molecule has 1 aromatic heterocycles. The molecular formula is C16H20N2O. The standard InChI is InChI=1S/C16H20N2O/c1-11(2)16(12(3)19)18-10-13-8-9-17-15-7-5-4-6-14(13)15/h4-9,11,16,18H,10H2,1-3H3. The molecule has 0 amide bonds. The molecule has 3 nitrogen and oxygen atoms in total. The minimum absolute atomic E-state index is 0.0908. The maximum absolute atomic E-state index is 11.6. The Morgan fingerprint density at radius 1 is 1.26 bits per heavy atom. The highest BCUT2D eigenvalue weighted by Gasteiger charge is 2.17. The maximum atomic E-state index is 11.6. The van der Waals surface area contributed by atoms with Crippen LogP contribution in [0.2, 0.25) is 0 Å².